The molecule has 0 amide bonds. The lowest BCUT2D eigenvalue weighted by atomic mass is 10.1. The quantitative estimate of drug-likeness (QED) is 0.525. The van der Waals surface area contributed by atoms with E-state index < -0.39 is 6.10 Å². The van der Waals surface area contributed by atoms with Gasteiger partial charge in [-0.1, -0.05) is 42.5 Å². The summed E-state index contributed by atoms with van der Waals surface area (Å²) in [4.78, 5) is 4.78. The molecule has 0 aliphatic carbocycles. The number of imidazole rings is 1. The molecule has 4 aromatic rings. The standard InChI is InChI=1S/C24H21N3O2/c25-15-19-10-12-21(13-11-19)29-17-20(28)16-27-23-9-5-4-8-22(23)26-24(27)14-18-6-2-1-3-7-18/h1-13,20,28H,14,16-17H2. The fraction of sp³-hybridized carbons (Fsp3) is 0.167. The molecule has 144 valence electrons. The van der Waals surface area contributed by atoms with Crippen LogP contribution in [-0.2, 0) is 13.0 Å². The fourth-order valence-corrected chi connectivity index (χ4v) is 3.32. The minimum absolute atomic E-state index is 0.156. The normalized spacial score (nSPS) is 11.9. The van der Waals surface area contributed by atoms with Crippen LogP contribution in [0.25, 0.3) is 11.0 Å². The van der Waals surface area contributed by atoms with Gasteiger partial charge < -0.3 is 14.4 Å². The summed E-state index contributed by atoms with van der Waals surface area (Å²) < 4.78 is 7.76. The molecule has 1 aromatic heterocycles. The third-order valence-corrected chi connectivity index (χ3v) is 4.76. The number of benzene rings is 3. The maximum absolute atomic E-state index is 10.6. The molecule has 3 aromatic carbocycles. The highest BCUT2D eigenvalue weighted by Gasteiger charge is 2.15. The maximum atomic E-state index is 10.6. The van der Waals surface area contributed by atoms with Crippen molar-refractivity contribution in [3.8, 4) is 11.8 Å². The first-order valence-corrected chi connectivity index (χ1v) is 9.52. The average molecular weight is 383 g/mol. The van der Waals surface area contributed by atoms with Crippen molar-refractivity contribution in [2.75, 3.05) is 6.61 Å². The highest BCUT2D eigenvalue weighted by molar-refractivity contribution is 5.76. The Morgan fingerprint density at radius 2 is 1.69 bits per heavy atom. The number of rotatable bonds is 7. The summed E-state index contributed by atoms with van der Waals surface area (Å²) >= 11 is 0. The Labute approximate surface area is 169 Å². The van der Waals surface area contributed by atoms with Gasteiger partial charge in [0.2, 0.25) is 0 Å². The van der Waals surface area contributed by atoms with E-state index >= 15 is 0 Å². The van der Waals surface area contributed by atoms with E-state index in [1.807, 2.05) is 42.5 Å². The minimum atomic E-state index is -0.697. The molecule has 0 radical (unpaired) electrons. The van der Waals surface area contributed by atoms with E-state index in [9.17, 15) is 5.11 Å². The number of para-hydroxylation sites is 2. The third-order valence-electron chi connectivity index (χ3n) is 4.76. The summed E-state index contributed by atoms with van der Waals surface area (Å²) in [6.07, 6.45) is -0.00333. The predicted octanol–water partition coefficient (Wildman–Crippen LogP) is 3.94. The van der Waals surface area contributed by atoms with Crippen molar-refractivity contribution in [2.45, 2.75) is 19.1 Å². The summed E-state index contributed by atoms with van der Waals surface area (Å²) in [5, 5.41) is 19.5. The van der Waals surface area contributed by atoms with Gasteiger partial charge in [0.05, 0.1) is 29.2 Å². The van der Waals surface area contributed by atoms with E-state index in [0.29, 0.717) is 24.3 Å². The van der Waals surface area contributed by atoms with Crippen LogP contribution in [0.1, 0.15) is 17.0 Å². The molecule has 0 spiro atoms. The van der Waals surface area contributed by atoms with Crippen molar-refractivity contribution in [3.63, 3.8) is 0 Å². The van der Waals surface area contributed by atoms with Gasteiger partial charge in [-0.15, -0.1) is 0 Å². The number of nitriles is 1. The minimum Gasteiger partial charge on any atom is -0.491 e. The zero-order valence-corrected chi connectivity index (χ0v) is 15.9. The van der Waals surface area contributed by atoms with Gasteiger partial charge in [0.1, 0.15) is 24.3 Å². The molecule has 0 saturated heterocycles. The van der Waals surface area contributed by atoms with E-state index in [-0.39, 0.29) is 6.61 Å². The van der Waals surface area contributed by atoms with Gasteiger partial charge in [-0.05, 0) is 42.0 Å². The lowest BCUT2D eigenvalue weighted by molar-refractivity contribution is 0.0928. The van der Waals surface area contributed by atoms with Crippen LogP contribution in [0.15, 0.2) is 78.9 Å². The summed E-state index contributed by atoms with van der Waals surface area (Å²) in [5.74, 6) is 1.54. The van der Waals surface area contributed by atoms with Crippen molar-refractivity contribution in [2.24, 2.45) is 0 Å². The molecule has 5 heteroatoms. The summed E-state index contributed by atoms with van der Waals surface area (Å²) in [5.41, 5.74) is 3.66. The van der Waals surface area contributed by atoms with Gasteiger partial charge in [0.25, 0.3) is 0 Å². The van der Waals surface area contributed by atoms with Gasteiger partial charge in [0.15, 0.2) is 0 Å². The number of ether oxygens (including phenoxy) is 1. The summed E-state index contributed by atoms with van der Waals surface area (Å²) in [6.45, 7) is 0.544. The monoisotopic (exact) mass is 383 g/mol. The molecule has 0 aliphatic rings. The Morgan fingerprint density at radius 1 is 0.966 bits per heavy atom. The van der Waals surface area contributed by atoms with Crippen LogP contribution in [0.4, 0.5) is 0 Å². The molecular formula is C24H21N3O2. The average Bonchev–Trinajstić information content (AvgIpc) is 3.10. The van der Waals surface area contributed by atoms with Gasteiger partial charge >= 0.3 is 0 Å². The second-order valence-corrected chi connectivity index (χ2v) is 6.89. The largest absolute Gasteiger partial charge is 0.491 e. The summed E-state index contributed by atoms with van der Waals surface area (Å²) in [7, 11) is 0. The molecule has 5 nitrogen and oxygen atoms in total. The number of aromatic nitrogens is 2. The van der Waals surface area contributed by atoms with Crippen molar-refractivity contribution in [1.29, 1.82) is 5.26 Å². The first-order valence-electron chi connectivity index (χ1n) is 9.52. The highest BCUT2D eigenvalue weighted by Crippen LogP contribution is 2.20. The molecule has 1 atom stereocenters. The lowest BCUT2D eigenvalue weighted by Gasteiger charge is -2.16. The number of nitrogens with zero attached hydrogens (tertiary/aromatic N) is 3. The van der Waals surface area contributed by atoms with E-state index in [0.717, 1.165) is 16.9 Å². The molecular weight excluding hydrogens is 362 g/mol. The van der Waals surface area contributed by atoms with Crippen LogP contribution in [0.3, 0.4) is 0 Å². The first kappa shape index (κ1) is 18.7. The number of aliphatic hydroxyl groups is 1. The molecule has 1 unspecified atom stereocenters. The Hall–Kier alpha value is -3.62. The van der Waals surface area contributed by atoms with Gasteiger partial charge in [0, 0.05) is 6.42 Å². The molecule has 0 aliphatic heterocycles. The van der Waals surface area contributed by atoms with E-state index in [4.69, 9.17) is 15.0 Å². The van der Waals surface area contributed by atoms with E-state index in [1.54, 1.807) is 24.3 Å². The molecule has 29 heavy (non-hydrogen) atoms. The van der Waals surface area contributed by atoms with Crippen molar-refractivity contribution in [1.82, 2.24) is 9.55 Å². The van der Waals surface area contributed by atoms with Crippen LogP contribution < -0.4 is 4.74 Å². The first-order chi connectivity index (χ1) is 14.2. The van der Waals surface area contributed by atoms with Crippen molar-refractivity contribution < 1.29 is 9.84 Å². The Kier molecular flexibility index (Phi) is 5.55. The predicted molar refractivity (Wildman–Crippen MR) is 112 cm³/mol. The van der Waals surface area contributed by atoms with Crippen LogP contribution in [-0.4, -0.2) is 27.4 Å². The van der Waals surface area contributed by atoms with Crippen molar-refractivity contribution >= 4 is 11.0 Å². The fourth-order valence-electron chi connectivity index (χ4n) is 3.32. The molecule has 0 fully saturated rings. The van der Waals surface area contributed by atoms with Crippen LogP contribution in [0, 0.1) is 11.3 Å². The highest BCUT2D eigenvalue weighted by atomic mass is 16.5. The molecule has 1 heterocycles. The zero-order chi connectivity index (χ0) is 20.1. The second-order valence-electron chi connectivity index (χ2n) is 6.89. The number of fused-ring (bicyclic) bond motifs is 1. The topological polar surface area (TPSA) is 71.1 Å². The SMILES string of the molecule is N#Cc1ccc(OCC(O)Cn2c(Cc3ccccc3)nc3ccccc32)cc1. The molecule has 0 saturated carbocycles. The number of hydrogen-bond acceptors (Lipinski definition) is 4. The van der Waals surface area contributed by atoms with Crippen LogP contribution in [0.2, 0.25) is 0 Å². The zero-order valence-electron chi connectivity index (χ0n) is 15.9. The van der Waals surface area contributed by atoms with E-state index in [1.165, 1.54) is 5.56 Å². The Bertz CT molecular complexity index is 1130. The van der Waals surface area contributed by atoms with Crippen molar-refractivity contribution in [3.05, 3.63) is 95.8 Å². The Morgan fingerprint density at radius 3 is 2.45 bits per heavy atom. The molecule has 4 rings (SSSR count). The molecule has 0 bridgehead atoms. The van der Waals surface area contributed by atoms with Gasteiger partial charge in [-0.3, -0.25) is 0 Å². The number of aliphatic hydroxyl groups excluding tert-OH is 1. The van der Waals surface area contributed by atoms with Crippen LogP contribution in [0.5, 0.6) is 5.75 Å². The smallest absolute Gasteiger partial charge is 0.119 e. The second kappa shape index (κ2) is 8.59. The Balaban J connectivity index is 1.51. The van der Waals surface area contributed by atoms with E-state index in [2.05, 4.69) is 22.8 Å². The lowest BCUT2D eigenvalue weighted by Crippen LogP contribution is -2.24. The summed E-state index contributed by atoms with van der Waals surface area (Å²) in [6, 6.07) is 27.1. The third kappa shape index (κ3) is 4.45. The van der Waals surface area contributed by atoms with Gasteiger partial charge in [-0.25, -0.2) is 4.98 Å². The van der Waals surface area contributed by atoms with Crippen LogP contribution >= 0.6 is 0 Å². The van der Waals surface area contributed by atoms with Gasteiger partial charge in [-0.2, -0.15) is 5.26 Å². The molecule has 1 N–H and O–H groups in total. The number of hydrogen-bond donors (Lipinski definition) is 1. The maximum Gasteiger partial charge on any atom is 0.119 e.